The van der Waals surface area contributed by atoms with Crippen molar-refractivity contribution in [1.82, 2.24) is 0 Å². The highest BCUT2D eigenvalue weighted by Gasteiger charge is 2.77. The quantitative estimate of drug-likeness (QED) is 0.415. The van der Waals surface area contributed by atoms with Gasteiger partial charge in [0, 0.05) is 17.4 Å². The molecule has 7 nitrogen and oxygen atoms in total. The van der Waals surface area contributed by atoms with Crippen LogP contribution in [-0.2, 0) is 33.4 Å². The zero-order chi connectivity index (χ0) is 15.6. The van der Waals surface area contributed by atoms with Crippen LogP contribution in [-0.4, -0.2) is 44.4 Å². The van der Waals surface area contributed by atoms with Crippen molar-refractivity contribution in [1.29, 1.82) is 0 Å². The van der Waals surface area contributed by atoms with Gasteiger partial charge in [0.2, 0.25) is 0 Å². The molecule has 0 aromatic rings. The lowest BCUT2D eigenvalue weighted by molar-refractivity contribution is -0.153. The zero-order valence-electron chi connectivity index (χ0n) is 11.7. The summed E-state index contributed by atoms with van der Waals surface area (Å²) in [6, 6.07) is 0. The van der Waals surface area contributed by atoms with Gasteiger partial charge in [0.1, 0.15) is 12.2 Å². The molecule has 0 aromatic heterocycles. The average molecular weight is 316 g/mol. The Kier molecular flexibility index (Phi) is 2.97. The predicted octanol–water partition coefficient (Wildman–Crippen LogP) is 0.154. The Morgan fingerprint density at radius 3 is 2.62 bits per heavy atom. The molecule has 116 valence electrons. The molecule has 5 atom stereocenters. The van der Waals surface area contributed by atoms with Crippen molar-refractivity contribution in [2.45, 2.75) is 36.7 Å². The van der Waals surface area contributed by atoms with Crippen LogP contribution in [0.1, 0.15) is 19.8 Å². The van der Waals surface area contributed by atoms with E-state index in [0.717, 1.165) is 7.11 Å². The molecule has 5 unspecified atom stereocenters. The van der Waals surface area contributed by atoms with E-state index in [4.69, 9.17) is 8.92 Å². The van der Waals surface area contributed by atoms with E-state index < -0.39 is 44.9 Å². The molecule has 2 bridgehead atoms. The second kappa shape index (κ2) is 4.30. The molecule has 0 spiro atoms. The number of fused-ring (bicyclic) bond motifs is 1. The standard InChI is InChI=1S/C13H16O7S/c1-6(2)11(14)19-9-7-4-8-10(9)20-21(16,17)13(8,5-7)12(15)18-3/h7-10H,1,4-5H2,2-3H3. The highest BCUT2D eigenvalue weighted by molar-refractivity contribution is 7.89. The highest BCUT2D eigenvalue weighted by Crippen LogP contribution is 2.62. The fourth-order valence-electron chi connectivity index (χ4n) is 3.83. The lowest BCUT2D eigenvalue weighted by Crippen LogP contribution is -2.50. The summed E-state index contributed by atoms with van der Waals surface area (Å²) in [5.74, 6) is -2.12. The van der Waals surface area contributed by atoms with Crippen LogP contribution < -0.4 is 0 Å². The van der Waals surface area contributed by atoms with E-state index >= 15 is 0 Å². The molecule has 3 aliphatic rings. The van der Waals surface area contributed by atoms with Crippen molar-refractivity contribution in [3.05, 3.63) is 12.2 Å². The number of hydrogen-bond acceptors (Lipinski definition) is 7. The lowest BCUT2D eigenvalue weighted by atomic mass is 9.84. The molecule has 0 N–H and O–H groups in total. The van der Waals surface area contributed by atoms with Crippen molar-refractivity contribution in [3.8, 4) is 0 Å². The van der Waals surface area contributed by atoms with E-state index in [1.807, 2.05) is 0 Å². The van der Waals surface area contributed by atoms with Crippen LogP contribution >= 0.6 is 0 Å². The summed E-state index contributed by atoms with van der Waals surface area (Å²) < 4.78 is 38.0. The molecule has 1 saturated heterocycles. The summed E-state index contributed by atoms with van der Waals surface area (Å²) in [6.45, 7) is 5.01. The third kappa shape index (κ3) is 1.66. The molecular weight excluding hydrogens is 300 g/mol. The Bertz CT molecular complexity index is 637. The maximum Gasteiger partial charge on any atom is 0.333 e. The third-order valence-corrected chi connectivity index (χ3v) is 6.72. The maximum absolute atomic E-state index is 12.3. The fourth-order valence-corrected chi connectivity index (χ4v) is 5.84. The fraction of sp³-hybridized carbons (Fsp3) is 0.692. The van der Waals surface area contributed by atoms with Gasteiger partial charge in [-0.2, -0.15) is 8.42 Å². The molecule has 0 amide bonds. The first-order valence-corrected chi connectivity index (χ1v) is 8.03. The van der Waals surface area contributed by atoms with E-state index in [2.05, 4.69) is 11.3 Å². The highest BCUT2D eigenvalue weighted by atomic mass is 32.2. The maximum atomic E-state index is 12.3. The van der Waals surface area contributed by atoms with Crippen molar-refractivity contribution in [2.75, 3.05) is 7.11 Å². The van der Waals surface area contributed by atoms with Gasteiger partial charge >= 0.3 is 11.9 Å². The molecule has 0 aromatic carbocycles. The molecule has 3 fully saturated rings. The summed E-state index contributed by atoms with van der Waals surface area (Å²) in [6.07, 6.45) is -0.935. The van der Waals surface area contributed by atoms with Gasteiger partial charge in [0.25, 0.3) is 10.1 Å². The van der Waals surface area contributed by atoms with Gasteiger partial charge in [-0.3, -0.25) is 8.98 Å². The second-order valence-electron chi connectivity index (χ2n) is 5.85. The van der Waals surface area contributed by atoms with Crippen molar-refractivity contribution in [3.63, 3.8) is 0 Å². The van der Waals surface area contributed by atoms with Crippen molar-refractivity contribution < 1.29 is 31.7 Å². The van der Waals surface area contributed by atoms with Gasteiger partial charge in [-0.1, -0.05) is 6.58 Å². The predicted molar refractivity (Wildman–Crippen MR) is 69.4 cm³/mol. The minimum atomic E-state index is -4.08. The largest absolute Gasteiger partial charge is 0.468 e. The first-order chi connectivity index (χ1) is 9.74. The molecule has 21 heavy (non-hydrogen) atoms. The van der Waals surface area contributed by atoms with Gasteiger partial charge in [-0.25, -0.2) is 4.79 Å². The normalized spacial score (nSPS) is 41.8. The molecule has 1 aliphatic heterocycles. The van der Waals surface area contributed by atoms with Crippen LogP contribution in [0.25, 0.3) is 0 Å². The van der Waals surface area contributed by atoms with Gasteiger partial charge in [0.15, 0.2) is 4.75 Å². The molecule has 3 rings (SSSR count). The number of rotatable bonds is 3. The zero-order valence-corrected chi connectivity index (χ0v) is 12.5. The minimum Gasteiger partial charge on any atom is -0.468 e. The molecule has 2 saturated carbocycles. The topological polar surface area (TPSA) is 96.0 Å². The Balaban J connectivity index is 1.94. The van der Waals surface area contributed by atoms with Crippen LogP contribution in [0.15, 0.2) is 12.2 Å². The van der Waals surface area contributed by atoms with E-state index in [1.165, 1.54) is 6.92 Å². The van der Waals surface area contributed by atoms with Gasteiger partial charge in [-0.15, -0.1) is 0 Å². The average Bonchev–Trinajstić information content (AvgIpc) is 2.99. The van der Waals surface area contributed by atoms with Crippen LogP contribution in [0, 0.1) is 11.8 Å². The Morgan fingerprint density at radius 2 is 2.05 bits per heavy atom. The van der Waals surface area contributed by atoms with Crippen LogP contribution in [0.3, 0.4) is 0 Å². The van der Waals surface area contributed by atoms with E-state index in [0.29, 0.717) is 6.42 Å². The molecule has 2 aliphatic carbocycles. The van der Waals surface area contributed by atoms with Crippen LogP contribution in [0.5, 0.6) is 0 Å². The van der Waals surface area contributed by atoms with E-state index in [1.54, 1.807) is 0 Å². The summed E-state index contributed by atoms with van der Waals surface area (Å²) in [5, 5.41) is 0. The van der Waals surface area contributed by atoms with Crippen LogP contribution in [0.4, 0.5) is 0 Å². The Labute approximate surface area is 122 Å². The monoisotopic (exact) mass is 316 g/mol. The first-order valence-electron chi connectivity index (χ1n) is 6.62. The smallest absolute Gasteiger partial charge is 0.333 e. The Morgan fingerprint density at radius 1 is 1.38 bits per heavy atom. The summed E-state index contributed by atoms with van der Waals surface area (Å²) in [7, 11) is -2.92. The molecule has 1 heterocycles. The third-order valence-electron chi connectivity index (χ3n) is 4.71. The summed E-state index contributed by atoms with van der Waals surface area (Å²) >= 11 is 0. The number of hydrogen-bond donors (Lipinski definition) is 0. The van der Waals surface area contributed by atoms with E-state index in [-0.39, 0.29) is 17.9 Å². The van der Waals surface area contributed by atoms with Crippen molar-refractivity contribution >= 4 is 22.1 Å². The lowest BCUT2D eigenvalue weighted by Gasteiger charge is -2.30. The van der Waals surface area contributed by atoms with E-state index in [9.17, 15) is 18.0 Å². The van der Waals surface area contributed by atoms with Gasteiger partial charge < -0.3 is 9.47 Å². The van der Waals surface area contributed by atoms with Gasteiger partial charge in [0.05, 0.1) is 7.11 Å². The minimum absolute atomic E-state index is 0.0668. The summed E-state index contributed by atoms with van der Waals surface area (Å²) in [5.41, 5.74) is 0.234. The van der Waals surface area contributed by atoms with Gasteiger partial charge in [-0.05, 0) is 19.8 Å². The van der Waals surface area contributed by atoms with Crippen LogP contribution in [0.2, 0.25) is 0 Å². The second-order valence-corrected chi connectivity index (χ2v) is 7.68. The number of esters is 2. The van der Waals surface area contributed by atoms with Crippen molar-refractivity contribution in [2.24, 2.45) is 11.8 Å². The molecular formula is C13H16O7S. The molecule has 8 heteroatoms. The number of methoxy groups -OCH3 is 1. The molecule has 0 radical (unpaired) electrons. The first kappa shape index (κ1) is 14.5. The summed E-state index contributed by atoms with van der Waals surface area (Å²) in [4.78, 5) is 23.7. The number of carbonyl (C=O) groups is 2. The number of ether oxygens (including phenoxy) is 2. The number of carbonyl (C=O) groups excluding carboxylic acids is 2. The Hall–Kier alpha value is -1.41. The SMILES string of the molecule is C=C(C)C(=O)OC1C2CC3C1OS(=O)(=O)C3(C(=O)OC)C2.